The van der Waals surface area contributed by atoms with Crippen molar-refractivity contribution in [2.24, 2.45) is 10.9 Å². The van der Waals surface area contributed by atoms with E-state index in [1.165, 1.54) is 7.11 Å². The van der Waals surface area contributed by atoms with Gasteiger partial charge in [0.25, 0.3) is 0 Å². The van der Waals surface area contributed by atoms with E-state index in [-0.39, 0.29) is 5.97 Å². The summed E-state index contributed by atoms with van der Waals surface area (Å²) in [5.74, 6) is 0.138. The van der Waals surface area contributed by atoms with Gasteiger partial charge in [-0.1, -0.05) is 6.92 Å². The van der Waals surface area contributed by atoms with E-state index in [1.54, 1.807) is 0 Å². The van der Waals surface area contributed by atoms with Crippen molar-refractivity contribution in [3.63, 3.8) is 0 Å². The van der Waals surface area contributed by atoms with Gasteiger partial charge in [0.1, 0.15) is 0 Å². The number of nitrogens with zero attached hydrogens (tertiary/aromatic N) is 1. The van der Waals surface area contributed by atoms with E-state index in [0.717, 1.165) is 21.2 Å². The van der Waals surface area contributed by atoms with E-state index in [2.05, 4.69) is 34.5 Å². The van der Waals surface area contributed by atoms with Crippen LogP contribution in [0.25, 0.3) is 0 Å². The Kier molecular flexibility index (Phi) is 3.28. The number of hydrogen-bond acceptors (Lipinski definition) is 3. The van der Waals surface area contributed by atoms with Crippen LogP contribution in [0.5, 0.6) is 0 Å². The zero-order chi connectivity index (χ0) is 11.7. The van der Waals surface area contributed by atoms with Gasteiger partial charge >= 0.3 is 5.97 Å². The lowest BCUT2D eigenvalue weighted by Gasteiger charge is -2.17. The monoisotopic (exact) mass is 329 g/mol. The maximum absolute atomic E-state index is 11.5. The number of aliphatic imine (C=N–C) groups is 1. The second-order valence-corrected chi connectivity index (χ2v) is 5.08. The van der Waals surface area contributed by atoms with Crippen molar-refractivity contribution < 1.29 is 9.53 Å². The van der Waals surface area contributed by atoms with Crippen molar-refractivity contribution in [3.8, 4) is 0 Å². The Morgan fingerprint density at radius 2 is 2.31 bits per heavy atom. The van der Waals surface area contributed by atoms with Crippen LogP contribution in [-0.2, 0) is 11.2 Å². The van der Waals surface area contributed by atoms with Crippen LogP contribution in [0, 0.1) is 9.49 Å². The van der Waals surface area contributed by atoms with Crippen LogP contribution in [-0.4, -0.2) is 19.3 Å². The highest BCUT2D eigenvalue weighted by Gasteiger charge is 2.17. The minimum absolute atomic E-state index is 0.289. The van der Waals surface area contributed by atoms with Gasteiger partial charge in [0, 0.05) is 9.78 Å². The molecule has 4 heteroatoms. The second kappa shape index (κ2) is 4.53. The number of carbonyl (C=O) groups excluding carboxylic acids is 1. The van der Waals surface area contributed by atoms with Crippen LogP contribution in [0.15, 0.2) is 17.1 Å². The van der Waals surface area contributed by atoms with Gasteiger partial charge in [0.15, 0.2) is 0 Å². The van der Waals surface area contributed by atoms with Crippen LogP contribution in [0.3, 0.4) is 0 Å². The van der Waals surface area contributed by atoms with Gasteiger partial charge in [-0.25, -0.2) is 4.79 Å². The van der Waals surface area contributed by atoms with Crippen LogP contribution in [0.4, 0.5) is 5.69 Å². The van der Waals surface area contributed by atoms with Gasteiger partial charge in [-0.3, -0.25) is 4.99 Å². The molecule has 1 atom stereocenters. The molecule has 1 aromatic rings. The summed E-state index contributed by atoms with van der Waals surface area (Å²) >= 11 is 2.20. The van der Waals surface area contributed by atoms with Gasteiger partial charge in [-0.2, -0.15) is 0 Å². The summed E-state index contributed by atoms with van der Waals surface area (Å²) in [6.45, 7) is 2.12. The Labute approximate surface area is 108 Å². The predicted octanol–water partition coefficient (Wildman–Crippen LogP) is 2.97. The third-order valence-electron chi connectivity index (χ3n) is 2.56. The highest BCUT2D eigenvalue weighted by Crippen LogP contribution is 2.32. The average molecular weight is 329 g/mol. The number of fused-ring (bicyclic) bond motifs is 1. The fourth-order valence-corrected chi connectivity index (χ4v) is 2.61. The molecule has 84 valence electrons. The number of carbonyl (C=O) groups is 1. The molecule has 1 aromatic carbocycles. The number of hydrogen-bond donors (Lipinski definition) is 0. The number of rotatable bonds is 1. The van der Waals surface area contributed by atoms with E-state index in [9.17, 15) is 4.79 Å². The molecule has 1 aliphatic rings. The molecule has 0 aromatic heterocycles. The molecule has 0 aliphatic carbocycles. The molecule has 0 spiro atoms. The van der Waals surface area contributed by atoms with Crippen molar-refractivity contribution >= 4 is 40.5 Å². The first kappa shape index (κ1) is 11.6. The standard InChI is InChI=1S/C12H12INO2/c1-7-3-8-4-9(12(15)16-2)5-10(13)11(8)14-6-7/h4-7H,3H2,1-2H3. The Morgan fingerprint density at radius 3 is 3.00 bits per heavy atom. The smallest absolute Gasteiger partial charge is 0.337 e. The highest BCUT2D eigenvalue weighted by atomic mass is 127. The summed E-state index contributed by atoms with van der Waals surface area (Å²) in [7, 11) is 1.40. The number of esters is 1. The Hall–Kier alpha value is -0.910. The summed E-state index contributed by atoms with van der Waals surface area (Å²) in [5, 5.41) is 0. The first-order valence-electron chi connectivity index (χ1n) is 5.06. The molecule has 0 saturated carbocycles. The summed E-state index contributed by atoms with van der Waals surface area (Å²) in [5.41, 5.74) is 2.73. The van der Waals surface area contributed by atoms with Crippen molar-refractivity contribution in [1.82, 2.24) is 0 Å². The van der Waals surface area contributed by atoms with Crippen molar-refractivity contribution in [3.05, 3.63) is 26.8 Å². The highest BCUT2D eigenvalue weighted by molar-refractivity contribution is 14.1. The van der Waals surface area contributed by atoms with Crippen molar-refractivity contribution in [2.45, 2.75) is 13.3 Å². The molecule has 0 radical (unpaired) electrons. The normalized spacial score (nSPS) is 18.1. The summed E-state index contributed by atoms with van der Waals surface area (Å²) in [6.07, 6.45) is 2.89. The lowest BCUT2D eigenvalue weighted by molar-refractivity contribution is 0.0600. The fraction of sp³-hybridized carbons (Fsp3) is 0.333. The summed E-state index contributed by atoms with van der Waals surface area (Å²) in [6, 6.07) is 3.70. The van der Waals surface area contributed by atoms with Gasteiger partial charge < -0.3 is 4.74 Å². The van der Waals surface area contributed by atoms with Crippen LogP contribution >= 0.6 is 22.6 Å². The topological polar surface area (TPSA) is 38.7 Å². The average Bonchev–Trinajstić information content (AvgIpc) is 2.27. The minimum Gasteiger partial charge on any atom is -0.465 e. The van der Waals surface area contributed by atoms with Crippen LogP contribution in [0.1, 0.15) is 22.8 Å². The maximum Gasteiger partial charge on any atom is 0.337 e. The SMILES string of the molecule is COC(=O)c1cc(I)c2c(c1)CC(C)C=N2. The zero-order valence-corrected chi connectivity index (χ0v) is 11.3. The number of benzene rings is 1. The quantitative estimate of drug-likeness (QED) is 0.587. The van der Waals surface area contributed by atoms with E-state index in [1.807, 2.05) is 18.3 Å². The third-order valence-corrected chi connectivity index (χ3v) is 3.39. The number of halogens is 1. The predicted molar refractivity (Wildman–Crippen MR) is 71.5 cm³/mol. The molecule has 0 amide bonds. The maximum atomic E-state index is 11.5. The third kappa shape index (κ3) is 2.11. The van der Waals surface area contributed by atoms with E-state index < -0.39 is 0 Å². The molecule has 0 bridgehead atoms. The summed E-state index contributed by atoms with van der Waals surface area (Å²) < 4.78 is 5.73. The largest absolute Gasteiger partial charge is 0.465 e. The lowest BCUT2D eigenvalue weighted by atomic mass is 9.96. The van der Waals surface area contributed by atoms with E-state index in [4.69, 9.17) is 4.74 Å². The molecule has 0 N–H and O–H groups in total. The van der Waals surface area contributed by atoms with Crippen LogP contribution in [0.2, 0.25) is 0 Å². The summed E-state index contributed by atoms with van der Waals surface area (Å²) in [4.78, 5) is 15.9. The molecule has 2 rings (SSSR count). The van der Waals surface area contributed by atoms with Crippen LogP contribution < -0.4 is 0 Å². The molecule has 1 heterocycles. The first-order valence-corrected chi connectivity index (χ1v) is 6.14. The number of methoxy groups -OCH3 is 1. The minimum atomic E-state index is -0.289. The molecule has 16 heavy (non-hydrogen) atoms. The van der Waals surface area contributed by atoms with Gasteiger partial charge in [-0.05, 0) is 52.6 Å². The molecular formula is C12H12INO2. The van der Waals surface area contributed by atoms with Gasteiger partial charge in [0.2, 0.25) is 0 Å². The first-order chi connectivity index (χ1) is 7.61. The van der Waals surface area contributed by atoms with E-state index in [0.29, 0.717) is 11.5 Å². The number of ether oxygens (including phenoxy) is 1. The fourth-order valence-electron chi connectivity index (χ4n) is 1.79. The molecule has 3 nitrogen and oxygen atoms in total. The van der Waals surface area contributed by atoms with Crippen molar-refractivity contribution in [1.29, 1.82) is 0 Å². The Balaban J connectivity index is 2.49. The zero-order valence-electron chi connectivity index (χ0n) is 9.16. The Morgan fingerprint density at radius 1 is 1.56 bits per heavy atom. The second-order valence-electron chi connectivity index (χ2n) is 3.92. The van der Waals surface area contributed by atoms with Gasteiger partial charge in [-0.15, -0.1) is 0 Å². The lowest BCUT2D eigenvalue weighted by Crippen LogP contribution is -2.09. The Bertz CT molecular complexity index is 468. The molecular weight excluding hydrogens is 317 g/mol. The molecule has 0 saturated heterocycles. The van der Waals surface area contributed by atoms with Gasteiger partial charge in [0.05, 0.1) is 18.4 Å². The molecule has 1 unspecified atom stereocenters. The molecule has 0 fully saturated rings. The van der Waals surface area contributed by atoms with E-state index >= 15 is 0 Å². The van der Waals surface area contributed by atoms with Crippen molar-refractivity contribution in [2.75, 3.05) is 7.11 Å². The molecule has 1 aliphatic heterocycles.